The minimum absolute atomic E-state index is 0.0297. The van der Waals surface area contributed by atoms with Crippen LogP contribution in [0.3, 0.4) is 0 Å². The first kappa shape index (κ1) is 13.0. The fraction of sp³-hybridized carbons (Fsp3) is 0.133. The van der Waals surface area contributed by atoms with Crippen LogP contribution in [0.4, 0.5) is 11.4 Å². The number of anilines is 2. The monoisotopic (exact) mass is 256 g/mol. The first-order chi connectivity index (χ1) is 9.28. The van der Waals surface area contributed by atoms with E-state index in [0.29, 0.717) is 5.75 Å². The molecule has 0 aliphatic carbocycles. The molecule has 98 valence electrons. The van der Waals surface area contributed by atoms with E-state index in [4.69, 9.17) is 4.74 Å². The Morgan fingerprint density at radius 1 is 1.00 bits per heavy atom. The van der Waals surface area contributed by atoms with Gasteiger partial charge in [-0.1, -0.05) is 18.2 Å². The van der Waals surface area contributed by atoms with Gasteiger partial charge in [0.1, 0.15) is 5.75 Å². The van der Waals surface area contributed by atoms with Gasteiger partial charge in [0.05, 0.1) is 0 Å². The van der Waals surface area contributed by atoms with Crippen LogP contribution >= 0.6 is 0 Å². The third-order valence-corrected chi connectivity index (χ3v) is 2.57. The largest absolute Gasteiger partial charge is 0.484 e. The van der Waals surface area contributed by atoms with Crippen LogP contribution in [0.2, 0.25) is 0 Å². The molecule has 0 aromatic heterocycles. The zero-order chi connectivity index (χ0) is 13.5. The quantitative estimate of drug-likeness (QED) is 0.864. The first-order valence-corrected chi connectivity index (χ1v) is 6.03. The van der Waals surface area contributed by atoms with Crippen molar-refractivity contribution < 1.29 is 9.53 Å². The standard InChI is InChI=1S/C15H16N2O2/c1-16-15(18)11-19-14-9-7-13(8-10-14)17-12-5-3-2-4-6-12/h2-10,17H,11H2,1H3,(H,16,18). The second-order valence-corrected chi connectivity index (χ2v) is 3.98. The number of hydrogen-bond acceptors (Lipinski definition) is 3. The highest BCUT2D eigenvalue weighted by Gasteiger charge is 2.00. The molecule has 1 amide bonds. The number of amides is 1. The number of likely N-dealkylation sites (N-methyl/N-ethyl adjacent to an activating group) is 1. The zero-order valence-electron chi connectivity index (χ0n) is 10.7. The van der Waals surface area contributed by atoms with E-state index >= 15 is 0 Å². The van der Waals surface area contributed by atoms with Crippen LogP contribution in [-0.2, 0) is 4.79 Å². The average Bonchev–Trinajstić information content (AvgIpc) is 2.47. The third-order valence-electron chi connectivity index (χ3n) is 2.57. The molecular weight excluding hydrogens is 240 g/mol. The highest BCUT2D eigenvalue weighted by molar-refractivity contribution is 5.77. The number of nitrogens with one attached hydrogen (secondary N) is 2. The van der Waals surface area contributed by atoms with Gasteiger partial charge >= 0.3 is 0 Å². The van der Waals surface area contributed by atoms with Crippen molar-refractivity contribution in [2.75, 3.05) is 19.0 Å². The molecule has 0 saturated carbocycles. The molecule has 0 aliphatic heterocycles. The molecule has 0 radical (unpaired) electrons. The van der Waals surface area contributed by atoms with E-state index < -0.39 is 0 Å². The number of para-hydroxylation sites is 1. The molecular formula is C15H16N2O2. The smallest absolute Gasteiger partial charge is 0.257 e. The molecule has 2 aromatic rings. The summed E-state index contributed by atoms with van der Waals surface area (Å²) in [5, 5.41) is 5.78. The van der Waals surface area contributed by atoms with Crippen LogP contribution in [0.1, 0.15) is 0 Å². The Labute approximate surface area is 112 Å². The first-order valence-electron chi connectivity index (χ1n) is 6.03. The van der Waals surface area contributed by atoms with Gasteiger partial charge < -0.3 is 15.4 Å². The van der Waals surface area contributed by atoms with Crippen molar-refractivity contribution in [2.24, 2.45) is 0 Å². The molecule has 2 rings (SSSR count). The van der Waals surface area contributed by atoms with Crippen molar-refractivity contribution in [3.63, 3.8) is 0 Å². The summed E-state index contributed by atoms with van der Waals surface area (Å²) in [5.41, 5.74) is 2.00. The molecule has 2 N–H and O–H groups in total. The molecule has 0 heterocycles. The van der Waals surface area contributed by atoms with Crippen molar-refractivity contribution in [1.29, 1.82) is 0 Å². The normalized spacial score (nSPS) is 9.74. The molecule has 0 aliphatic rings. The molecule has 0 atom stereocenters. The summed E-state index contributed by atoms with van der Waals surface area (Å²) < 4.78 is 5.32. The van der Waals surface area contributed by atoms with Gasteiger partial charge in [-0.05, 0) is 36.4 Å². The molecule has 0 bridgehead atoms. The minimum atomic E-state index is -0.147. The van der Waals surface area contributed by atoms with Crippen LogP contribution in [0.5, 0.6) is 5.75 Å². The molecule has 2 aromatic carbocycles. The topological polar surface area (TPSA) is 50.4 Å². The van der Waals surface area contributed by atoms with Gasteiger partial charge in [-0.3, -0.25) is 4.79 Å². The second kappa shape index (κ2) is 6.44. The zero-order valence-corrected chi connectivity index (χ0v) is 10.7. The van der Waals surface area contributed by atoms with Crippen molar-refractivity contribution >= 4 is 17.3 Å². The predicted molar refractivity (Wildman–Crippen MR) is 75.7 cm³/mol. The molecule has 19 heavy (non-hydrogen) atoms. The Kier molecular flexibility index (Phi) is 4.39. The fourth-order valence-electron chi connectivity index (χ4n) is 1.54. The van der Waals surface area contributed by atoms with Gasteiger partial charge in [0, 0.05) is 18.4 Å². The maximum absolute atomic E-state index is 11.0. The van der Waals surface area contributed by atoms with E-state index in [9.17, 15) is 4.79 Å². The summed E-state index contributed by atoms with van der Waals surface area (Å²) in [6, 6.07) is 17.4. The Balaban J connectivity index is 1.93. The predicted octanol–water partition coefficient (Wildman–Crippen LogP) is 2.55. The highest BCUT2D eigenvalue weighted by Crippen LogP contribution is 2.19. The van der Waals surface area contributed by atoms with Crippen molar-refractivity contribution in [3.8, 4) is 5.75 Å². The van der Waals surface area contributed by atoms with E-state index in [-0.39, 0.29) is 12.5 Å². The van der Waals surface area contributed by atoms with E-state index in [1.807, 2.05) is 54.6 Å². The van der Waals surface area contributed by atoms with Gasteiger partial charge in [0.25, 0.3) is 5.91 Å². The maximum atomic E-state index is 11.0. The summed E-state index contributed by atoms with van der Waals surface area (Å²) in [7, 11) is 1.58. The van der Waals surface area contributed by atoms with E-state index in [1.54, 1.807) is 7.05 Å². The van der Waals surface area contributed by atoms with Crippen LogP contribution in [0, 0.1) is 0 Å². The number of benzene rings is 2. The molecule has 4 nitrogen and oxygen atoms in total. The van der Waals surface area contributed by atoms with Crippen molar-refractivity contribution in [2.45, 2.75) is 0 Å². The number of ether oxygens (including phenoxy) is 1. The maximum Gasteiger partial charge on any atom is 0.257 e. The van der Waals surface area contributed by atoms with E-state index in [1.165, 1.54) is 0 Å². The van der Waals surface area contributed by atoms with Gasteiger partial charge in [0.15, 0.2) is 6.61 Å². The van der Waals surface area contributed by atoms with Crippen LogP contribution in [0.15, 0.2) is 54.6 Å². The lowest BCUT2D eigenvalue weighted by atomic mass is 10.2. The van der Waals surface area contributed by atoms with Gasteiger partial charge in [-0.2, -0.15) is 0 Å². The van der Waals surface area contributed by atoms with E-state index in [0.717, 1.165) is 11.4 Å². The fourth-order valence-corrected chi connectivity index (χ4v) is 1.54. The summed E-state index contributed by atoms with van der Waals surface area (Å²) >= 11 is 0. The minimum Gasteiger partial charge on any atom is -0.484 e. The van der Waals surface area contributed by atoms with Crippen LogP contribution in [0.25, 0.3) is 0 Å². The van der Waals surface area contributed by atoms with Crippen LogP contribution < -0.4 is 15.4 Å². The summed E-state index contributed by atoms with van der Waals surface area (Å²) in [6.45, 7) is 0.0297. The lowest BCUT2D eigenvalue weighted by Gasteiger charge is -2.08. The van der Waals surface area contributed by atoms with Gasteiger partial charge in [-0.25, -0.2) is 0 Å². The number of carbonyl (C=O) groups is 1. The number of rotatable bonds is 5. The number of carbonyl (C=O) groups excluding carboxylic acids is 1. The number of hydrogen-bond donors (Lipinski definition) is 2. The summed E-state index contributed by atoms with van der Waals surface area (Å²) in [4.78, 5) is 11.0. The summed E-state index contributed by atoms with van der Waals surface area (Å²) in [6.07, 6.45) is 0. The van der Waals surface area contributed by atoms with Crippen LogP contribution in [-0.4, -0.2) is 19.6 Å². The molecule has 4 heteroatoms. The third kappa shape index (κ3) is 4.03. The molecule has 0 spiro atoms. The van der Waals surface area contributed by atoms with Gasteiger partial charge in [0.2, 0.25) is 0 Å². The van der Waals surface area contributed by atoms with E-state index in [2.05, 4.69) is 10.6 Å². The Bertz CT molecular complexity index is 524. The molecule has 0 fully saturated rings. The SMILES string of the molecule is CNC(=O)COc1ccc(Nc2ccccc2)cc1. The average molecular weight is 256 g/mol. The summed E-state index contributed by atoms with van der Waals surface area (Å²) in [5.74, 6) is 0.522. The van der Waals surface area contributed by atoms with Gasteiger partial charge in [-0.15, -0.1) is 0 Å². The highest BCUT2D eigenvalue weighted by atomic mass is 16.5. The Morgan fingerprint density at radius 3 is 2.26 bits per heavy atom. The second-order valence-electron chi connectivity index (χ2n) is 3.98. The molecule has 0 unspecified atom stereocenters. The lowest BCUT2D eigenvalue weighted by molar-refractivity contribution is -0.122. The lowest BCUT2D eigenvalue weighted by Crippen LogP contribution is -2.24. The van der Waals surface area contributed by atoms with Crippen molar-refractivity contribution in [1.82, 2.24) is 5.32 Å². The Hall–Kier alpha value is -2.49. The molecule has 0 saturated heterocycles. The van der Waals surface area contributed by atoms with Crippen molar-refractivity contribution in [3.05, 3.63) is 54.6 Å². The Morgan fingerprint density at radius 2 is 1.63 bits per heavy atom.